The zero-order valence-electron chi connectivity index (χ0n) is 10.6. The van der Waals surface area contributed by atoms with Gasteiger partial charge < -0.3 is 15.4 Å². The molecule has 4 nitrogen and oxygen atoms in total. The zero-order valence-corrected chi connectivity index (χ0v) is 10.6. The lowest BCUT2D eigenvalue weighted by Crippen LogP contribution is -2.47. The highest BCUT2D eigenvalue weighted by Gasteiger charge is 2.30. The van der Waals surface area contributed by atoms with Gasteiger partial charge in [0.05, 0.1) is 12.1 Å². The van der Waals surface area contributed by atoms with Crippen LogP contribution in [-0.2, 0) is 6.42 Å². The highest BCUT2D eigenvalue weighted by molar-refractivity contribution is 5.95. The Bertz CT molecular complexity index is 479. The van der Waals surface area contributed by atoms with Crippen LogP contribution in [0.4, 0.5) is 0 Å². The van der Waals surface area contributed by atoms with Gasteiger partial charge in [-0.1, -0.05) is 0 Å². The van der Waals surface area contributed by atoms with Gasteiger partial charge in [0.2, 0.25) is 0 Å². The number of fused-ring (bicyclic) bond motifs is 1. The summed E-state index contributed by atoms with van der Waals surface area (Å²) in [6.07, 6.45) is 1.88. The lowest BCUT2D eigenvalue weighted by atomic mass is 10.0. The molecule has 0 saturated carbocycles. The molecule has 2 heterocycles. The van der Waals surface area contributed by atoms with Gasteiger partial charge in [-0.2, -0.15) is 0 Å². The first kappa shape index (κ1) is 11.5. The summed E-state index contributed by atoms with van der Waals surface area (Å²) in [6, 6.07) is 5.68. The van der Waals surface area contributed by atoms with E-state index in [2.05, 4.69) is 17.6 Å². The molecule has 0 radical (unpaired) electrons. The number of ether oxygens (including phenoxy) is 1. The van der Waals surface area contributed by atoms with E-state index < -0.39 is 0 Å². The maximum absolute atomic E-state index is 12.2. The molecular formula is C14H18N2O2. The van der Waals surface area contributed by atoms with E-state index in [-0.39, 0.29) is 11.4 Å². The number of nitrogens with one attached hydrogen (secondary N) is 2. The molecule has 1 aromatic carbocycles. The second kappa shape index (κ2) is 4.28. The Labute approximate surface area is 107 Å². The van der Waals surface area contributed by atoms with E-state index in [1.807, 2.05) is 18.2 Å². The fourth-order valence-electron chi connectivity index (χ4n) is 2.60. The number of rotatable bonds is 2. The monoisotopic (exact) mass is 246 g/mol. The molecule has 2 aliphatic heterocycles. The van der Waals surface area contributed by atoms with Crippen molar-refractivity contribution in [3.8, 4) is 5.75 Å². The van der Waals surface area contributed by atoms with Crippen LogP contribution in [-0.4, -0.2) is 31.1 Å². The molecule has 1 aromatic rings. The second-order valence-electron chi connectivity index (χ2n) is 5.36. The molecule has 3 rings (SSSR count). The van der Waals surface area contributed by atoms with Crippen molar-refractivity contribution in [3.63, 3.8) is 0 Å². The van der Waals surface area contributed by atoms with Gasteiger partial charge in [-0.3, -0.25) is 4.79 Å². The van der Waals surface area contributed by atoms with Crippen LogP contribution >= 0.6 is 0 Å². The van der Waals surface area contributed by atoms with Crippen LogP contribution in [0.3, 0.4) is 0 Å². The van der Waals surface area contributed by atoms with Gasteiger partial charge in [-0.25, -0.2) is 0 Å². The zero-order chi connectivity index (χ0) is 12.6. The Morgan fingerprint density at radius 3 is 3.17 bits per heavy atom. The summed E-state index contributed by atoms with van der Waals surface area (Å²) < 4.78 is 5.44. The molecule has 2 N–H and O–H groups in total. The molecule has 0 aromatic heterocycles. The van der Waals surface area contributed by atoms with Gasteiger partial charge in [0.15, 0.2) is 0 Å². The summed E-state index contributed by atoms with van der Waals surface area (Å²) in [5.74, 6) is 0.927. The molecule has 18 heavy (non-hydrogen) atoms. The van der Waals surface area contributed by atoms with Crippen LogP contribution in [0.25, 0.3) is 0 Å². The van der Waals surface area contributed by atoms with Crippen molar-refractivity contribution in [3.05, 3.63) is 29.3 Å². The number of carbonyl (C=O) groups excluding carboxylic acids is 1. The van der Waals surface area contributed by atoms with Crippen LogP contribution in [0.5, 0.6) is 5.75 Å². The Kier molecular flexibility index (Phi) is 2.74. The third-order valence-corrected chi connectivity index (χ3v) is 3.74. The van der Waals surface area contributed by atoms with Crippen LogP contribution in [0.2, 0.25) is 0 Å². The highest BCUT2D eigenvalue weighted by Crippen LogP contribution is 2.26. The van der Waals surface area contributed by atoms with Crippen molar-refractivity contribution >= 4 is 5.91 Å². The van der Waals surface area contributed by atoms with E-state index in [1.165, 1.54) is 0 Å². The van der Waals surface area contributed by atoms with E-state index in [0.717, 1.165) is 49.4 Å². The van der Waals surface area contributed by atoms with Gasteiger partial charge in [0.1, 0.15) is 5.75 Å². The minimum Gasteiger partial charge on any atom is -0.493 e. The third kappa shape index (κ3) is 2.08. The summed E-state index contributed by atoms with van der Waals surface area (Å²) in [7, 11) is 0. The van der Waals surface area contributed by atoms with Crippen LogP contribution in [0.1, 0.15) is 29.3 Å². The SMILES string of the molecule is CC1(NC(=O)c2ccc3c(c2)CCO3)CCNC1. The minimum absolute atomic E-state index is 0.0101. The van der Waals surface area contributed by atoms with E-state index in [4.69, 9.17) is 4.74 Å². The molecule has 96 valence electrons. The Morgan fingerprint density at radius 1 is 1.50 bits per heavy atom. The first-order valence-corrected chi connectivity index (χ1v) is 6.45. The molecule has 1 unspecified atom stereocenters. The average Bonchev–Trinajstić information content (AvgIpc) is 2.96. The molecule has 1 saturated heterocycles. The molecule has 4 heteroatoms. The third-order valence-electron chi connectivity index (χ3n) is 3.74. The molecule has 0 spiro atoms. The summed E-state index contributed by atoms with van der Waals surface area (Å²) >= 11 is 0. The van der Waals surface area contributed by atoms with Gasteiger partial charge in [-0.05, 0) is 43.7 Å². The van der Waals surface area contributed by atoms with Crippen LogP contribution < -0.4 is 15.4 Å². The van der Waals surface area contributed by atoms with Crippen molar-refractivity contribution in [2.45, 2.75) is 25.3 Å². The van der Waals surface area contributed by atoms with Crippen molar-refractivity contribution in [1.29, 1.82) is 0 Å². The maximum atomic E-state index is 12.2. The summed E-state index contributed by atoms with van der Waals surface area (Å²) in [5.41, 5.74) is 1.75. The van der Waals surface area contributed by atoms with E-state index in [9.17, 15) is 4.79 Å². The molecule has 2 aliphatic rings. The maximum Gasteiger partial charge on any atom is 0.251 e. The summed E-state index contributed by atoms with van der Waals surface area (Å²) in [5, 5.41) is 6.40. The Hall–Kier alpha value is -1.55. The topological polar surface area (TPSA) is 50.4 Å². The minimum atomic E-state index is -0.118. The fraction of sp³-hybridized carbons (Fsp3) is 0.500. The van der Waals surface area contributed by atoms with E-state index in [1.54, 1.807) is 0 Å². The molecule has 0 aliphatic carbocycles. The van der Waals surface area contributed by atoms with Crippen molar-refractivity contribution < 1.29 is 9.53 Å². The normalized spacial score (nSPS) is 25.6. The van der Waals surface area contributed by atoms with Gasteiger partial charge in [-0.15, -0.1) is 0 Å². The molecular weight excluding hydrogens is 228 g/mol. The predicted octanol–water partition coefficient (Wildman–Crippen LogP) is 1.10. The Morgan fingerprint density at radius 2 is 2.39 bits per heavy atom. The number of hydrogen-bond donors (Lipinski definition) is 2. The second-order valence-corrected chi connectivity index (χ2v) is 5.36. The number of carbonyl (C=O) groups is 1. The summed E-state index contributed by atoms with van der Waals surface area (Å²) in [6.45, 7) is 4.62. The largest absolute Gasteiger partial charge is 0.493 e. The van der Waals surface area contributed by atoms with Crippen molar-refractivity contribution in [1.82, 2.24) is 10.6 Å². The lowest BCUT2D eigenvalue weighted by Gasteiger charge is -2.24. The lowest BCUT2D eigenvalue weighted by molar-refractivity contribution is 0.0913. The van der Waals surface area contributed by atoms with Crippen molar-refractivity contribution in [2.75, 3.05) is 19.7 Å². The molecule has 1 amide bonds. The molecule has 0 bridgehead atoms. The van der Waals surface area contributed by atoms with Gasteiger partial charge in [0.25, 0.3) is 5.91 Å². The fourth-order valence-corrected chi connectivity index (χ4v) is 2.60. The number of benzene rings is 1. The number of amides is 1. The van der Waals surface area contributed by atoms with Crippen LogP contribution in [0, 0.1) is 0 Å². The van der Waals surface area contributed by atoms with Gasteiger partial charge in [0, 0.05) is 18.5 Å². The number of hydrogen-bond acceptors (Lipinski definition) is 3. The first-order chi connectivity index (χ1) is 8.66. The van der Waals surface area contributed by atoms with Crippen molar-refractivity contribution in [2.24, 2.45) is 0 Å². The predicted molar refractivity (Wildman–Crippen MR) is 69.0 cm³/mol. The quantitative estimate of drug-likeness (QED) is 0.821. The highest BCUT2D eigenvalue weighted by atomic mass is 16.5. The van der Waals surface area contributed by atoms with Gasteiger partial charge >= 0.3 is 0 Å². The van der Waals surface area contributed by atoms with E-state index in [0.29, 0.717) is 0 Å². The van der Waals surface area contributed by atoms with Crippen LogP contribution in [0.15, 0.2) is 18.2 Å². The molecule has 1 atom stereocenters. The molecule has 1 fully saturated rings. The smallest absolute Gasteiger partial charge is 0.251 e. The first-order valence-electron chi connectivity index (χ1n) is 6.45. The summed E-state index contributed by atoms with van der Waals surface area (Å²) in [4.78, 5) is 12.2. The van der Waals surface area contributed by atoms with E-state index >= 15 is 0 Å². The average molecular weight is 246 g/mol. The standard InChI is InChI=1S/C14H18N2O2/c1-14(5-6-15-9-14)16-13(17)11-2-3-12-10(8-11)4-7-18-12/h2-3,8,15H,4-7,9H2,1H3,(H,16,17). The Balaban J connectivity index is 1.76.